The molecule has 0 radical (unpaired) electrons. The first kappa shape index (κ1) is 60.8. The van der Waals surface area contributed by atoms with Gasteiger partial charge in [-0.15, -0.1) is 21.8 Å². The minimum Gasteiger partial charge on any atom is -1.00 e. The summed E-state index contributed by atoms with van der Waals surface area (Å²) in [5, 5.41) is 33.3. The molecule has 6 heterocycles. The number of methoxy groups -OCH3 is 2. The SMILES string of the molecule is COc1ccc(-n2c(-c3ccncc3)n[nH]c2=S)cc1.COc1ccc(-n2c(SCCc3nc(-c4ccc(C)cc4)no3)nnc2-c2ccncc2)cc1.Cc1ccc(-c2noc(CCCl)n2)cc1.O=CO[O-].[H-].[K+].[K+]. The summed E-state index contributed by atoms with van der Waals surface area (Å²) >= 11 is 12.5. The molecule has 0 fully saturated rings. The molecular formula is C51H47ClK2N12O7S2. The van der Waals surface area contributed by atoms with Crippen LogP contribution in [0.15, 0.2) is 160 Å². The molecule has 0 bridgehead atoms. The van der Waals surface area contributed by atoms with E-state index in [1.165, 1.54) is 11.1 Å². The zero-order valence-corrected chi connectivity index (χ0v) is 50.4. The number of aryl methyl sites for hydroxylation is 4. The van der Waals surface area contributed by atoms with Crippen molar-refractivity contribution in [2.75, 3.05) is 25.9 Å². The summed E-state index contributed by atoms with van der Waals surface area (Å²) in [5.41, 5.74) is 8.06. The average molecular weight is 1120 g/mol. The first-order chi connectivity index (χ1) is 35.7. The standard InChI is InChI=1S/C25H22N6O2S.C14H12N4OS.C11H11ClN2O.CH2O3.2K.H/c1-17-3-5-18(6-4-17)23-27-22(33-30-23)13-16-34-25-29-28-24(19-11-14-26-15-12-19)31(25)20-7-9-21(32-2)10-8-20;1-19-12-4-2-11(3-5-12)18-13(16-17-14(18)20)10-6-8-15-9-7-10;1-8-2-4-9(5-3-8)11-13-10(6-7-12)15-14-11;2-1-4-3;;;/h3-12,14-15H,13,16H2,1-2H3;2-9H,1H3,(H,17,20);2-5H,6-7H2,1H3;1,3H;;;/q;;;;2*+1;-1/p-1. The van der Waals surface area contributed by atoms with Crippen LogP contribution in [0.5, 0.6) is 11.5 Å². The number of hydrogen-bond acceptors (Lipinski definition) is 18. The number of pyridine rings is 2. The number of aromatic amines is 1. The summed E-state index contributed by atoms with van der Waals surface area (Å²) in [5.74, 6) is 6.68. The summed E-state index contributed by atoms with van der Waals surface area (Å²) < 4.78 is 25.4. The van der Waals surface area contributed by atoms with E-state index in [1.807, 2.05) is 144 Å². The van der Waals surface area contributed by atoms with Gasteiger partial charge in [-0.25, -0.2) is 0 Å². The number of hydrogen-bond donors (Lipinski definition) is 1. The molecule has 19 nitrogen and oxygen atoms in total. The van der Waals surface area contributed by atoms with Crippen LogP contribution in [0.2, 0.25) is 0 Å². The van der Waals surface area contributed by atoms with Gasteiger partial charge in [0.25, 0.3) is 6.47 Å². The number of thioether (sulfide) groups is 1. The van der Waals surface area contributed by atoms with Gasteiger partial charge in [-0.05, 0) is 98.9 Å². The number of rotatable bonds is 15. The van der Waals surface area contributed by atoms with E-state index in [-0.39, 0.29) is 111 Å². The second-order valence-electron chi connectivity index (χ2n) is 15.2. The Morgan fingerprint density at radius 1 is 0.653 bits per heavy atom. The molecule has 4 aromatic carbocycles. The fraction of sp³-hybridized carbons (Fsp3) is 0.157. The summed E-state index contributed by atoms with van der Waals surface area (Å²) in [7, 11) is 3.29. The predicted molar refractivity (Wildman–Crippen MR) is 276 cm³/mol. The van der Waals surface area contributed by atoms with Crippen molar-refractivity contribution in [3.05, 3.63) is 174 Å². The van der Waals surface area contributed by atoms with Crippen molar-refractivity contribution in [1.29, 1.82) is 0 Å². The summed E-state index contributed by atoms with van der Waals surface area (Å²) in [6, 6.07) is 39.2. The van der Waals surface area contributed by atoms with Gasteiger partial charge in [0.15, 0.2) is 21.6 Å². The molecule has 0 amide bonds. The largest absolute Gasteiger partial charge is 1.00 e. The molecule has 0 atom stereocenters. The molecule has 6 aromatic heterocycles. The molecule has 374 valence electrons. The Morgan fingerprint density at radius 2 is 1.11 bits per heavy atom. The first-order valence-electron chi connectivity index (χ1n) is 22.1. The van der Waals surface area contributed by atoms with Crippen molar-refractivity contribution in [2.24, 2.45) is 0 Å². The number of aromatic nitrogens is 12. The fourth-order valence-electron chi connectivity index (χ4n) is 6.64. The zero-order chi connectivity index (χ0) is 51.4. The van der Waals surface area contributed by atoms with Crippen LogP contribution in [0.4, 0.5) is 0 Å². The number of benzene rings is 4. The number of nitrogens with zero attached hydrogens (tertiary/aromatic N) is 11. The normalized spacial score (nSPS) is 10.2. The Kier molecular flexibility index (Phi) is 25.8. The van der Waals surface area contributed by atoms with Gasteiger partial charge in [0.2, 0.25) is 23.4 Å². The minimum atomic E-state index is -0.181. The molecule has 1 N–H and O–H groups in total. The van der Waals surface area contributed by atoms with E-state index in [4.69, 9.17) is 52.4 Å². The number of halogens is 1. The third kappa shape index (κ3) is 17.5. The maximum Gasteiger partial charge on any atom is 1.00 e. The number of nitrogens with one attached hydrogen (secondary N) is 1. The summed E-state index contributed by atoms with van der Waals surface area (Å²) in [6.45, 7) is 3.91. The first-order valence-corrected chi connectivity index (χ1v) is 24.1. The molecule has 0 saturated heterocycles. The molecule has 0 aliphatic heterocycles. The number of ether oxygens (including phenoxy) is 2. The molecule has 0 saturated carbocycles. The van der Waals surface area contributed by atoms with E-state index < -0.39 is 0 Å². The maximum absolute atomic E-state index is 8.64. The zero-order valence-electron chi connectivity index (χ0n) is 42.7. The summed E-state index contributed by atoms with van der Waals surface area (Å²) in [4.78, 5) is 28.2. The van der Waals surface area contributed by atoms with Crippen LogP contribution in [-0.2, 0) is 22.5 Å². The topological polar surface area (TPSA) is 236 Å². The van der Waals surface area contributed by atoms with E-state index in [0.29, 0.717) is 52.7 Å². The Balaban J connectivity index is 0.000000253. The van der Waals surface area contributed by atoms with E-state index in [9.17, 15) is 0 Å². The molecule has 0 aliphatic carbocycles. The van der Waals surface area contributed by atoms with Crippen molar-refractivity contribution < 1.29 is 138 Å². The van der Waals surface area contributed by atoms with Crippen molar-refractivity contribution in [3.63, 3.8) is 0 Å². The van der Waals surface area contributed by atoms with Gasteiger partial charge in [0, 0.05) is 77.2 Å². The monoisotopic (exact) mass is 1120 g/mol. The molecule has 0 unspecified atom stereocenters. The summed E-state index contributed by atoms with van der Waals surface area (Å²) in [6.07, 6.45) is 8.17. The van der Waals surface area contributed by atoms with Crippen LogP contribution in [-0.4, -0.2) is 92.1 Å². The Labute approximate surface area is 532 Å². The number of carbonyl (C=O) groups excluding carboxylic acids is 1. The van der Waals surface area contributed by atoms with Crippen LogP contribution < -0.4 is 118 Å². The third-order valence-corrected chi connectivity index (χ3v) is 11.7. The molecular weight excluding hydrogens is 1070 g/mol. The van der Waals surface area contributed by atoms with Crippen molar-refractivity contribution in [2.45, 2.75) is 31.8 Å². The number of alkyl halides is 1. The van der Waals surface area contributed by atoms with Gasteiger partial charge in [0.05, 0.1) is 19.9 Å². The van der Waals surface area contributed by atoms with Gasteiger partial charge in [-0.3, -0.25) is 29.0 Å². The number of carbonyl (C=O) groups is 1. The Bertz CT molecular complexity index is 3320. The average Bonchev–Trinajstić information content (AvgIpc) is 4.29. The van der Waals surface area contributed by atoms with Crippen LogP contribution in [0.25, 0.3) is 56.9 Å². The fourth-order valence-corrected chi connectivity index (χ4v) is 7.92. The van der Waals surface area contributed by atoms with Gasteiger partial charge in [-0.2, -0.15) is 15.1 Å². The van der Waals surface area contributed by atoms with Gasteiger partial charge in [-0.1, -0.05) is 81.7 Å². The molecule has 10 aromatic rings. The maximum atomic E-state index is 8.64. The van der Waals surface area contributed by atoms with Crippen molar-refractivity contribution in [1.82, 2.24) is 59.8 Å². The molecule has 10 rings (SSSR count). The Hall–Kier alpha value is -5.10. The van der Waals surface area contributed by atoms with Crippen LogP contribution in [0.3, 0.4) is 0 Å². The van der Waals surface area contributed by atoms with Gasteiger partial charge < -0.3 is 30.1 Å². The van der Waals surface area contributed by atoms with E-state index in [0.717, 1.165) is 61.9 Å². The number of H-pyrrole nitrogens is 1. The van der Waals surface area contributed by atoms with Crippen LogP contribution >= 0.6 is 35.6 Å². The predicted octanol–water partition coefficient (Wildman–Crippen LogP) is 3.41. The molecule has 0 spiro atoms. The van der Waals surface area contributed by atoms with Gasteiger partial charge in [0.1, 0.15) is 11.5 Å². The van der Waals surface area contributed by atoms with Crippen molar-refractivity contribution in [3.8, 4) is 68.4 Å². The van der Waals surface area contributed by atoms with E-state index in [1.54, 1.807) is 50.8 Å². The third-order valence-electron chi connectivity index (χ3n) is 10.3. The second-order valence-corrected chi connectivity index (χ2v) is 17.0. The van der Waals surface area contributed by atoms with E-state index >= 15 is 0 Å². The van der Waals surface area contributed by atoms with Crippen molar-refractivity contribution >= 4 is 42.1 Å². The van der Waals surface area contributed by atoms with E-state index in [2.05, 4.69) is 55.5 Å². The van der Waals surface area contributed by atoms with Crippen LogP contribution in [0.1, 0.15) is 24.3 Å². The minimum absolute atomic E-state index is 0. The quantitative estimate of drug-likeness (QED) is 0.0295. The second kappa shape index (κ2) is 31.8. The Morgan fingerprint density at radius 3 is 1.56 bits per heavy atom. The molecule has 24 heteroatoms. The molecule has 0 aliphatic rings. The van der Waals surface area contributed by atoms with Crippen LogP contribution in [0, 0.1) is 18.6 Å². The van der Waals surface area contributed by atoms with Gasteiger partial charge >= 0.3 is 103 Å². The smallest absolute Gasteiger partial charge is 1.00 e. The molecule has 75 heavy (non-hydrogen) atoms.